The van der Waals surface area contributed by atoms with E-state index in [0.717, 1.165) is 45.1 Å². The number of hydrogen-bond donors (Lipinski definition) is 2. The predicted molar refractivity (Wildman–Crippen MR) is 143 cm³/mol. The van der Waals surface area contributed by atoms with E-state index in [1.54, 1.807) is 0 Å². The van der Waals surface area contributed by atoms with Crippen LogP contribution < -0.4 is 10.6 Å². The maximum absolute atomic E-state index is 6.06. The Labute approximate surface area is 210 Å². The van der Waals surface area contributed by atoms with Gasteiger partial charge in [0.05, 0.1) is 19.3 Å². The van der Waals surface area contributed by atoms with Gasteiger partial charge in [0.2, 0.25) is 0 Å². The Kier molecular flexibility index (Phi) is 12.1. The number of guanidine groups is 1. The Bertz CT molecular complexity index is 820. The number of aryl methyl sites for hydroxylation is 1. The average molecular weight is 552 g/mol. The summed E-state index contributed by atoms with van der Waals surface area (Å²) in [6.45, 7) is 11.0. The number of benzene rings is 2. The molecule has 32 heavy (non-hydrogen) atoms. The third-order valence-electron chi connectivity index (χ3n) is 5.63. The average Bonchev–Trinajstić information content (AvgIpc) is 2.81. The molecule has 1 aliphatic heterocycles. The number of nitrogens with zero attached hydrogens (tertiary/aromatic N) is 1. The van der Waals surface area contributed by atoms with Crippen molar-refractivity contribution >= 4 is 29.9 Å². The molecule has 2 aromatic carbocycles. The molecular weight excluding hydrogens is 513 g/mol. The van der Waals surface area contributed by atoms with Gasteiger partial charge in [-0.05, 0) is 49.3 Å². The zero-order valence-electron chi connectivity index (χ0n) is 19.6. The molecule has 2 N–H and O–H groups in total. The maximum atomic E-state index is 6.06. The second-order valence-electron chi connectivity index (χ2n) is 8.33. The SMILES string of the molecule is CCNC(=NCc1cccc(COC2CCOCC2)c1)NCC(C)c1ccc(C)cc1.I. The molecule has 0 amide bonds. The monoisotopic (exact) mass is 551 g/mol. The standard InChI is InChI=1S/C26H37N3O2.HI/c1-4-27-26(28-17-21(3)24-10-8-20(2)9-11-24)29-18-22-6-5-7-23(16-22)19-31-25-12-14-30-15-13-25;/h5-11,16,21,25H,4,12-15,17-19H2,1-3H3,(H2,27,28,29);1H. The van der Waals surface area contributed by atoms with Crippen LogP contribution in [0.1, 0.15) is 54.9 Å². The molecule has 0 bridgehead atoms. The fourth-order valence-electron chi connectivity index (χ4n) is 3.65. The third kappa shape index (κ3) is 9.08. The van der Waals surface area contributed by atoms with Gasteiger partial charge in [-0.1, -0.05) is 61.0 Å². The Balaban J connectivity index is 0.00000363. The summed E-state index contributed by atoms with van der Waals surface area (Å²) < 4.78 is 11.5. The summed E-state index contributed by atoms with van der Waals surface area (Å²) in [6.07, 6.45) is 2.29. The van der Waals surface area contributed by atoms with Crippen LogP contribution in [-0.2, 0) is 22.6 Å². The van der Waals surface area contributed by atoms with E-state index >= 15 is 0 Å². The fraction of sp³-hybridized carbons (Fsp3) is 0.500. The van der Waals surface area contributed by atoms with Crippen LogP contribution >= 0.6 is 24.0 Å². The van der Waals surface area contributed by atoms with E-state index in [2.05, 4.69) is 79.9 Å². The van der Waals surface area contributed by atoms with Crippen molar-refractivity contribution in [2.24, 2.45) is 4.99 Å². The van der Waals surface area contributed by atoms with E-state index in [1.807, 2.05) is 0 Å². The molecule has 176 valence electrons. The van der Waals surface area contributed by atoms with Crippen LogP contribution in [0.25, 0.3) is 0 Å². The lowest BCUT2D eigenvalue weighted by Gasteiger charge is -2.22. The Morgan fingerprint density at radius 3 is 2.53 bits per heavy atom. The molecule has 2 aromatic rings. The largest absolute Gasteiger partial charge is 0.381 e. The molecule has 0 aliphatic carbocycles. The molecule has 1 heterocycles. The molecule has 0 aromatic heterocycles. The minimum atomic E-state index is 0. The first kappa shape index (κ1) is 26.6. The van der Waals surface area contributed by atoms with Gasteiger partial charge < -0.3 is 20.1 Å². The van der Waals surface area contributed by atoms with Crippen molar-refractivity contribution in [1.82, 2.24) is 10.6 Å². The summed E-state index contributed by atoms with van der Waals surface area (Å²) in [5, 5.41) is 6.84. The van der Waals surface area contributed by atoms with E-state index in [9.17, 15) is 0 Å². The highest BCUT2D eigenvalue weighted by atomic mass is 127. The lowest BCUT2D eigenvalue weighted by Crippen LogP contribution is -2.39. The Morgan fingerprint density at radius 1 is 1.09 bits per heavy atom. The topological polar surface area (TPSA) is 54.9 Å². The van der Waals surface area contributed by atoms with Crippen molar-refractivity contribution in [2.45, 2.75) is 58.8 Å². The van der Waals surface area contributed by atoms with Gasteiger partial charge in [0.1, 0.15) is 0 Å². The van der Waals surface area contributed by atoms with Crippen LogP contribution in [0.3, 0.4) is 0 Å². The number of halogens is 1. The van der Waals surface area contributed by atoms with E-state index in [4.69, 9.17) is 14.5 Å². The van der Waals surface area contributed by atoms with Gasteiger partial charge in [0, 0.05) is 26.3 Å². The quantitative estimate of drug-likeness (QED) is 0.257. The molecule has 1 unspecified atom stereocenters. The van der Waals surface area contributed by atoms with Gasteiger partial charge in [-0.15, -0.1) is 24.0 Å². The van der Waals surface area contributed by atoms with Crippen molar-refractivity contribution in [1.29, 1.82) is 0 Å². The Morgan fingerprint density at radius 2 is 1.81 bits per heavy atom. The normalized spacial score (nSPS) is 15.7. The predicted octanol–water partition coefficient (Wildman–Crippen LogP) is 5.17. The number of ether oxygens (including phenoxy) is 2. The molecule has 1 aliphatic rings. The van der Waals surface area contributed by atoms with Gasteiger partial charge >= 0.3 is 0 Å². The van der Waals surface area contributed by atoms with Gasteiger partial charge in [0.15, 0.2) is 5.96 Å². The molecule has 1 atom stereocenters. The first-order chi connectivity index (χ1) is 15.1. The molecule has 0 saturated carbocycles. The van der Waals surface area contributed by atoms with Crippen LogP contribution in [0.2, 0.25) is 0 Å². The summed E-state index contributed by atoms with van der Waals surface area (Å²) in [5.74, 6) is 1.26. The lowest BCUT2D eigenvalue weighted by atomic mass is 10.0. The molecular formula is C26H38IN3O2. The summed E-state index contributed by atoms with van der Waals surface area (Å²) in [7, 11) is 0. The smallest absolute Gasteiger partial charge is 0.191 e. The van der Waals surface area contributed by atoms with E-state index in [-0.39, 0.29) is 24.0 Å². The molecule has 1 saturated heterocycles. The molecule has 1 fully saturated rings. The van der Waals surface area contributed by atoms with Crippen molar-refractivity contribution in [3.8, 4) is 0 Å². The summed E-state index contributed by atoms with van der Waals surface area (Å²) >= 11 is 0. The maximum Gasteiger partial charge on any atom is 0.191 e. The minimum Gasteiger partial charge on any atom is -0.381 e. The first-order valence-corrected chi connectivity index (χ1v) is 11.5. The molecule has 3 rings (SSSR count). The molecule has 5 nitrogen and oxygen atoms in total. The number of hydrogen-bond acceptors (Lipinski definition) is 3. The molecule has 6 heteroatoms. The fourth-order valence-corrected chi connectivity index (χ4v) is 3.65. The van der Waals surface area contributed by atoms with Crippen LogP contribution in [0.15, 0.2) is 53.5 Å². The van der Waals surface area contributed by atoms with Crippen LogP contribution in [0.5, 0.6) is 0 Å². The van der Waals surface area contributed by atoms with E-state index in [1.165, 1.54) is 22.3 Å². The summed E-state index contributed by atoms with van der Waals surface area (Å²) in [5.41, 5.74) is 5.02. The highest BCUT2D eigenvalue weighted by Crippen LogP contribution is 2.16. The third-order valence-corrected chi connectivity index (χ3v) is 5.63. The number of nitrogens with one attached hydrogen (secondary N) is 2. The van der Waals surface area contributed by atoms with Crippen LogP contribution in [0.4, 0.5) is 0 Å². The van der Waals surface area contributed by atoms with Gasteiger partial charge in [-0.2, -0.15) is 0 Å². The first-order valence-electron chi connectivity index (χ1n) is 11.5. The number of aliphatic imine (C=N–C) groups is 1. The second kappa shape index (κ2) is 14.5. The van der Waals surface area contributed by atoms with Crippen molar-refractivity contribution in [3.05, 3.63) is 70.8 Å². The highest BCUT2D eigenvalue weighted by Gasteiger charge is 2.14. The van der Waals surface area contributed by atoms with Crippen molar-refractivity contribution in [2.75, 3.05) is 26.3 Å². The zero-order valence-corrected chi connectivity index (χ0v) is 21.9. The molecule has 0 radical (unpaired) electrons. The summed E-state index contributed by atoms with van der Waals surface area (Å²) in [4.78, 5) is 4.79. The summed E-state index contributed by atoms with van der Waals surface area (Å²) in [6, 6.07) is 17.3. The number of rotatable bonds is 9. The lowest BCUT2D eigenvalue weighted by molar-refractivity contribution is -0.0390. The van der Waals surface area contributed by atoms with Crippen LogP contribution in [0, 0.1) is 6.92 Å². The van der Waals surface area contributed by atoms with Gasteiger partial charge in [-0.3, -0.25) is 0 Å². The minimum absolute atomic E-state index is 0. The second-order valence-corrected chi connectivity index (χ2v) is 8.33. The van der Waals surface area contributed by atoms with Gasteiger partial charge in [-0.25, -0.2) is 4.99 Å². The van der Waals surface area contributed by atoms with Crippen LogP contribution in [-0.4, -0.2) is 38.4 Å². The van der Waals surface area contributed by atoms with E-state index in [0.29, 0.717) is 25.2 Å². The zero-order chi connectivity index (χ0) is 21.9. The highest BCUT2D eigenvalue weighted by molar-refractivity contribution is 14.0. The van der Waals surface area contributed by atoms with Crippen molar-refractivity contribution < 1.29 is 9.47 Å². The Hall–Kier alpha value is -1.64. The molecule has 0 spiro atoms. The van der Waals surface area contributed by atoms with Gasteiger partial charge in [0.25, 0.3) is 0 Å². The van der Waals surface area contributed by atoms with E-state index < -0.39 is 0 Å². The van der Waals surface area contributed by atoms with Crippen molar-refractivity contribution in [3.63, 3.8) is 0 Å².